The summed E-state index contributed by atoms with van der Waals surface area (Å²) in [6.45, 7) is 2.75. The van der Waals surface area contributed by atoms with Gasteiger partial charge in [0.15, 0.2) is 5.82 Å². The standard InChI is InChI=1S/C22H20ClN3O2/c1-15-2-6-18(7-3-15)22(28)10-11-26(14-22)21(27)17-12-24-20(25-13-17)16-4-8-19(23)9-5-16/h2-9,12-13,28H,10-11,14H2,1H3. The Hall–Kier alpha value is -2.76. The van der Waals surface area contributed by atoms with Gasteiger partial charge < -0.3 is 10.0 Å². The van der Waals surface area contributed by atoms with Crippen LogP contribution in [-0.2, 0) is 5.60 Å². The third-order valence-corrected chi connectivity index (χ3v) is 5.38. The van der Waals surface area contributed by atoms with Crippen LogP contribution in [0.25, 0.3) is 11.4 Å². The van der Waals surface area contributed by atoms with E-state index in [4.69, 9.17) is 11.6 Å². The molecule has 1 unspecified atom stereocenters. The first kappa shape index (κ1) is 18.6. The van der Waals surface area contributed by atoms with Crippen LogP contribution in [0.5, 0.6) is 0 Å². The van der Waals surface area contributed by atoms with Gasteiger partial charge in [0.25, 0.3) is 5.91 Å². The molecule has 1 fully saturated rings. The number of nitrogens with zero attached hydrogens (tertiary/aromatic N) is 3. The molecule has 1 amide bonds. The molecule has 0 aliphatic carbocycles. The Morgan fingerprint density at radius 2 is 1.71 bits per heavy atom. The molecule has 1 aromatic heterocycles. The van der Waals surface area contributed by atoms with Gasteiger partial charge in [0.1, 0.15) is 5.60 Å². The molecule has 1 N–H and O–H groups in total. The number of carbonyl (C=O) groups is 1. The summed E-state index contributed by atoms with van der Waals surface area (Å²) >= 11 is 5.90. The van der Waals surface area contributed by atoms with Gasteiger partial charge in [-0.15, -0.1) is 0 Å². The van der Waals surface area contributed by atoms with Gasteiger partial charge in [-0.25, -0.2) is 9.97 Å². The molecular weight excluding hydrogens is 374 g/mol. The normalized spacial score (nSPS) is 19.0. The molecule has 28 heavy (non-hydrogen) atoms. The van der Waals surface area contributed by atoms with E-state index < -0.39 is 5.60 Å². The Bertz CT molecular complexity index is 988. The van der Waals surface area contributed by atoms with E-state index in [0.29, 0.717) is 29.4 Å². The van der Waals surface area contributed by atoms with Crippen molar-refractivity contribution in [2.75, 3.05) is 13.1 Å². The SMILES string of the molecule is Cc1ccc(C2(O)CCN(C(=O)c3cnc(-c4ccc(Cl)cc4)nc3)C2)cc1. The molecule has 6 heteroatoms. The highest BCUT2D eigenvalue weighted by molar-refractivity contribution is 6.30. The Labute approximate surface area is 168 Å². The number of rotatable bonds is 3. The number of hydrogen-bond donors (Lipinski definition) is 1. The molecule has 5 nitrogen and oxygen atoms in total. The molecule has 1 atom stereocenters. The van der Waals surface area contributed by atoms with E-state index in [9.17, 15) is 9.90 Å². The second kappa shape index (κ2) is 7.34. The Morgan fingerprint density at radius 1 is 1.07 bits per heavy atom. The molecule has 1 saturated heterocycles. The van der Waals surface area contributed by atoms with Gasteiger partial charge in [0, 0.05) is 29.5 Å². The molecule has 4 rings (SSSR count). The minimum Gasteiger partial charge on any atom is -0.383 e. The van der Waals surface area contributed by atoms with Gasteiger partial charge in [-0.3, -0.25) is 4.79 Å². The minimum absolute atomic E-state index is 0.175. The molecule has 1 aliphatic heterocycles. The number of benzene rings is 2. The summed E-state index contributed by atoms with van der Waals surface area (Å²) in [7, 11) is 0. The number of carbonyl (C=O) groups excluding carboxylic acids is 1. The first-order valence-corrected chi connectivity index (χ1v) is 9.49. The van der Waals surface area contributed by atoms with E-state index in [2.05, 4.69) is 9.97 Å². The van der Waals surface area contributed by atoms with Crippen LogP contribution in [0.2, 0.25) is 5.02 Å². The van der Waals surface area contributed by atoms with Gasteiger partial charge in [-0.1, -0.05) is 41.4 Å². The average Bonchev–Trinajstić information content (AvgIpc) is 3.12. The fraction of sp³-hybridized carbons (Fsp3) is 0.227. The van der Waals surface area contributed by atoms with Crippen LogP contribution >= 0.6 is 11.6 Å². The maximum Gasteiger partial charge on any atom is 0.257 e. The summed E-state index contributed by atoms with van der Waals surface area (Å²) in [6, 6.07) is 15.0. The number of aryl methyl sites for hydroxylation is 1. The van der Waals surface area contributed by atoms with Gasteiger partial charge in [-0.05, 0) is 43.2 Å². The largest absolute Gasteiger partial charge is 0.383 e. The minimum atomic E-state index is -1.02. The van der Waals surface area contributed by atoms with Crippen molar-refractivity contribution in [3.8, 4) is 11.4 Å². The highest BCUT2D eigenvalue weighted by atomic mass is 35.5. The lowest BCUT2D eigenvalue weighted by atomic mass is 9.92. The maximum absolute atomic E-state index is 12.8. The summed E-state index contributed by atoms with van der Waals surface area (Å²) in [4.78, 5) is 23.1. The van der Waals surface area contributed by atoms with Crippen molar-refractivity contribution in [2.24, 2.45) is 0 Å². The van der Waals surface area contributed by atoms with Gasteiger partial charge >= 0.3 is 0 Å². The van der Waals surface area contributed by atoms with Crippen molar-refractivity contribution in [1.82, 2.24) is 14.9 Å². The van der Waals surface area contributed by atoms with E-state index >= 15 is 0 Å². The Balaban J connectivity index is 1.49. The van der Waals surface area contributed by atoms with E-state index in [0.717, 1.165) is 16.7 Å². The molecule has 0 saturated carbocycles. The second-order valence-corrected chi connectivity index (χ2v) is 7.61. The number of aromatic nitrogens is 2. The van der Waals surface area contributed by atoms with Crippen LogP contribution in [0.3, 0.4) is 0 Å². The molecule has 142 valence electrons. The zero-order chi connectivity index (χ0) is 19.7. The number of amides is 1. The lowest BCUT2D eigenvalue weighted by molar-refractivity contribution is 0.0417. The first-order valence-electron chi connectivity index (χ1n) is 9.11. The van der Waals surface area contributed by atoms with Gasteiger partial charge in [0.2, 0.25) is 0 Å². The second-order valence-electron chi connectivity index (χ2n) is 7.18. The van der Waals surface area contributed by atoms with E-state index in [1.807, 2.05) is 43.3 Å². The maximum atomic E-state index is 12.8. The summed E-state index contributed by atoms with van der Waals surface area (Å²) in [5.74, 6) is 0.358. The monoisotopic (exact) mass is 393 g/mol. The third-order valence-electron chi connectivity index (χ3n) is 5.13. The Kier molecular flexibility index (Phi) is 4.87. The van der Waals surface area contributed by atoms with Crippen molar-refractivity contribution in [3.05, 3.63) is 82.6 Å². The predicted octanol–water partition coefficient (Wildman–Crippen LogP) is 3.84. The van der Waals surface area contributed by atoms with Gasteiger partial charge in [-0.2, -0.15) is 0 Å². The molecule has 2 heterocycles. The third kappa shape index (κ3) is 3.63. The van der Waals surface area contributed by atoms with Crippen molar-refractivity contribution < 1.29 is 9.90 Å². The van der Waals surface area contributed by atoms with Crippen molar-refractivity contribution in [3.63, 3.8) is 0 Å². The van der Waals surface area contributed by atoms with Crippen LogP contribution in [0, 0.1) is 6.92 Å². The van der Waals surface area contributed by atoms with Crippen LogP contribution in [0.15, 0.2) is 60.9 Å². The molecule has 0 radical (unpaired) electrons. The highest BCUT2D eigenvalue weighted by Crippen LogP contribution is 2.32. The number of hydrogen-bond acceptors (Lipinski definition) is 4. The molecule has 0 spiro atoms. The van der Waals surface area contributed by atoms with Crippen LogP contribution in [-0.4, -0.2) is 39.0 Å². The summed E-state index contributed by atoms with van der Waals surface area (Å²) in [5.41, 5.74) is 2.19. The molecule has 1 aliphatic rings. The van der Waals surface area contributed by atoms with E-state index in [-0.39, 0.29) is 12.5 Å². The van der Waals surface area contributed by atoms with Gasteiger partial charge in [0.05, 0.1) is 12.1 Å². The average molecular weight is 394 g/mol. The Morgan fingerprint density at radius 3 is 2.36 bits per heavy atom. The fourth-order valence-electron chi connectivity index (χ4n) is 3.44. The highest BCUT2D eigenvalue weighted by Gasteiger charge is 2.39. The lowest BCUT2D eigenvalue weighted by Crippen LogP contribution is -2.34. The number of halogens is 1. The van der Waals surface area contributed by atoms with E-state index in [1.54, 1.807) is 17.0 Å². The molecule has 2 aromatic carbocycles. The van der Waals surface area contributed by atoms with Crippen molar-refractivity contribution >= 4 is 17.5 Å². The topological polar surface area (TPSA) is 66.3 Å². The zero-order valence-corrected chi connectivity index (χ0v) is 16.2. The molecule has 3 aromatic rings. The van der Waals surface area contributed by atoms with Crippen LogP contribution in [0.4, 0.5) is 0 Å². The lowest BCUT2D eigenvalue weighted by Gasteiger charge is -2.24. The van der Waals surface area contributed by atoms with Crippen LogP contribution < -0.4 is 0 Å². The zero-order valence-electron chi connectivity index (χ0n) is 15.5. The summed E-state index contributed by atoms with van der Waals surface area (Å²) in [5, 5.41) is 11.6. The number of likely N-dealkylation sites (tertiary alicyclic amines) is 1. The predicted molar refractivity (Wildman–Crippen MR) is 108 cm³/mol. The van der Waals surface area contributed by atoms with Crippen molar-refractivity contribution in [1.29, 1.82) is 0 Å². The summed E-state index contributed by atoms with van der Waals surface area (Å²) in [6.07, 6.45) is 3.57. The quantitative estimate of drug-likeness (QED) is 0.734. The van der Waals surface area contributed by atoms with E-state index in [1.165, 1.54) is 12.4 Å². The number of aliphatic hydroxyl groups is 1. The smallest absolute Gasteiger partial charge is 0.257 e. The molecular formula is C22H20ClN3O2. The first-order chi connectivity index (χ1) is 13.4. The number of β-amino-alcohol motifs (C(OH)–C–C–N with tert-alkyl or cyclic N) is 1. The van der Waals surface area contributed by atoms with Crippen molar-refractivity contribution in [2.45, 2.75) is 18.9 Å². The fourth-order valence-corrected chi connectivity index (χ4v) is 3.56. The summed E-state index contributed by atoms with van der Waals surface area (Å²) < 4.78 is 0. The van der Waals surface area contributed by atoms with Crippen LogP contribution in [0.1, 0.15) is 27.9 Å². The molecule has 0 bridgehead atoms.